The van der Waals surface area contributed by atoms with Crippen LogP contribution in [0.2, 0.25) is 0 Å². The van der Waals surface area contributed by atoms with Crippen molar-refractivity contribution in [3.8, 4) is 46.0 Å². The summed E-state index contributed by atoms with van der Waals surface area (Å²) >= 11 is 0. The molecule has 0 aliphatic carbocycles. The number of benzene rings is 6. The van der Waals surface area contributed by atoms with Gasteiger partial charge >= 0.3 is 0 Å². The zero-order valence-corrected chi connectivity index (χ0v) is 32.4. The van der Waals surface area contributed by atoms with Gasteiger partial charge in [-0.2, -0.15) is 0 Å². The summed E-state index contributed by atoms with van der Waals surface area (Å²) in [5.74, 6) is 5.56. The zero-order chi connectivity index (χ0) is 38.9. The number of hydrogen-bond acceptors (Lipinski definition) is 10. The molecule has 0 amide bonds. The van der Waals surface area contributed by atoms with Crippen LogP contribution >= 0.6 is 0 Å². The van der Waals surface area contributed by atoms with Gasteiger partial charge in [0.15, 0.2) is 0 Å². The van der Waals surface area contributed by atoms with E-state index < -0.39 is 0 Å². The molecule has 0 spiro atoms. The van der Waals surface area contributed by atoms with Gasteiger partial charge in [-0.1, -0.05) is 0 Å². The number of hydrogen-bond donors (Lipinski definition) is 0. The Morgan fingerprint density at radius 1 is 0.291 bits per heavy atom. The molecule has 6 aromatic rings. The molecule has 0 aliphatic heterocycles. The minimum absolute atomic E-state index is 0.384. The SMILES string of the molecule is COc1ccc(N(c2ccc(OC)cc2)c2cc(OC)c(Cc3c(OC)cc(N(c4ccc(OC)cc4)c4ccc(OC)cc4)cc3OC)c(OC)c2)cc1. The first-order valence-electron chi connectivity index (χ1n) is 17.5. The van der Waals surface area contributed by atoms with Crippen molar-refractivity contribution in [3.05, 3.63) is 132 Å². The van der Waals surface area contributed by atoms with Gasteiger partial charge in [0, 0.05) is 64.6 Å². The fraction of sp³-hybridized carbons (Fsp3) is 0.200. The van der Waals surface area contributed by atoms with Crippen LogP contribution in [0.4, 0.5) is 34.1 Å². The second kappa shape index (κ2) is 17.4. The van der Waals surface area contributed by atoms with Crippen molar-refractivity contribution < 1.29 is 37.9 Å². The largest absolute Gasteiger partial charge is 0.497 e. The molecule has 0 saturated heterocycles. The standard InChI is InChI=1S/C45H46N2O8/c1-48-36-17-9-30(10-18-36)46(31-11-19-37(49-2)20-12-31)34-25-42(52-5)40(43(26-34)53-6)29-41-44(54-7)27-35(28-45(41)55-8)47(32-13-21-38(50-3)22-14-32)33-15-23-39(51-4)24-16-33/h9-28H,29H2,1-8H3. The molecule has 0 N–H and O–H groups in total. The summed E-state index contributed by atoms with van der Waals surface area (Å²) in [6.07, 6.45) is 0.384. The number of anilines is 6. The van der Waals surface area contributed by atoms with Gasteiger partial charge in [-0.15, -0.1) is 0 Å². The van der Waals surface area contributed by atoms with Crippen LogP contribution in [-0.4, -0.2) is 56.9 Å². The van der Waals surface area contributed by atoms with E-state index in [9.17, 15) is 0 Å². The summed E-state index contributed by atoms with van der Waals surface area (Å²) in [5.41, 5.74) is 6.97. The Hall–Kier alpha value is -6.68. The molecule has 0 radical (unpaired) electrons. The van der Waals surface area contributed by atoms with E-state index in [0.29, 0.717) is 29.4 Å². The third-order valence-electron chi connectivity index (χ3n) is 9.38. The number of ether oxygens (including phenoxy) is 8. The average Bonchev–Trinajstić information content (AvgIpc) is 3.25. The molecule has 6 aromatic carbocycles. The predicted octanol–water partition coefficient (Wildman–Crippen LogP) is 10.3. The Morgan fingerprint density at radius 3 is 0.691 bits per heavy atom. The quantitative estimate of drug-likeness (QED) is 0.0956. The smallest absolute Gasteiger partial charge is 0.128 e. The van der Waals surface area contributed by atoms with Gasteiger partial charge in [-0.05, 0) is 97.1 Å². The van der Waals surface area contributed by atoms with Crippen LogP contribution in [0.5, 0.6) is 46.0 Å². The Bertz CT molecular complexity index is 1870. The van der Waals surface area contributed by atoms with Crippen LogP contribution in [0.1, 0.15) is 11.1 Å². The Kier molecular flexibility index (Phi) is 12.1. The molecule has 55 heavy (non-hydrogen) atoms. The summed E-state index contributed by atoms with van der Waals surface area (Å²) in [6, 6.07) is 39.6. The lowest BCUT2D eigenvalue weighted by atomic mass is 9.99. The van der Waals surface area contributed by atoms with Crippen molar-refractivity contribution in [1.82, 2.24) is 0 Å². The zero-order valence-electron chi connectivity index (χ0n) is 32.4. The minimum atomic E-state index is 0.384. The van der Waals surface area contributed by atoms with Gasteiger partial charge in [0.2, 0.25) is 0 Å². The molecule has 0 bridgehead atoms. The molecule has 0 atom stereocenters. The maximum Gasteiger partial charge on any atom is 0.128 e. The Balaban J connectivity index is 1.45. The second-order valence-corrected chi connectivity index (χ2v) is 12.3. The van der Waals surface area contributed by atoms with Crippen LogP contribution in [0, 0.1) is 0 Å². The summed E-state index contributed by atoms with van der Waals surface area (Å²) in [7, 11) is 13.2. The highest BCUT2D eigenvalue weighted by molar-refractivity contribution is 5.81. The van der Waals surface area contributed by atoms with Crippen molar-refractivity contribution in [1.29, 1.82) is 0 Å². The van der Waals surface area contributed by atoms with E-state index in [-0.39, 0.29) is 0 Å². The van der Waals surface area contributed by atoms with Crippen LogP contribution in [0.3, 0.4) is 0 Å². The first-order valence-corrected chi connectivity index (χ1v) is 17.5. The van der Waals surface area contributed by atoms with Crippen molar-refractivity contribution in [2.45, 2.75) is 6.42 Å². The van der Waals surface area contributed by atoms with E-state index in [2.05, 4.69) is 9.80 Å². The van der Waals surface area contributed by atoms with Crippen LogP contribution in [0.15, 0.2) is 121 Å². The monoisotopic (exact) mass is 742 g/mol. The molecule has 10 nitrogen and oxygen atoms in total. The van der Waals surface area contributed by atoms with Crippen LogP contribution in [-0.2, 0) is 6.42 Å². The summed E-state index contributed by atoms with van der Waals surface area (Å²) in [5, 5.41) is 0. The molecule has 6 rings (SSSR count). The lowest BCUT2D eigenvalue weighted by molar-refractivity contribution is 0.378. The number of methoxy groups -OCH3 is 8. The highest BCUT2D eigenvalue weighted by Gasteiger charge is 2.24. The average molecular weight is 743 g/mol. The molecule has 0 heterocycles. The topological polar surface area (TPSA) is 80.3 Å². The molecular weight excluding hydrogens is 697 g/mol. The Morgan fingerprint density at radius 2 is 0.509 bits per heavy atom. The predicted molar refractivity (Wildman–Crippen MR) is 217 cm³/mol. The summed E-state index contributed by atoms with van der Waals surface area (Å²) in [6.45, 7) is 0. The molecule has 0 fully saturated rings. The summed E-state index contributed by atoms with van der Waals surface area (Å²) < 4.78 is 46.2. The lowest BCUT2D eigenvalue weighted by Crippen LogP contribution is -2.12. The maximum absolute atomic E-state index is 6.10. The van der Waals surface area contributed by atoms with Crippen molar-refractivity contribution in [2.75, 3.05) is 66.7 Å². The lowest BCUT2D eigenvalue weighted by Gasteiger charge is -2.28. The van der Waals surface area contributed by atoms with E-state index in [4.69, 9.17) is 37.9 Å². The molecule has 0 saturated carbocycles. The minimum Gasteiger partial charge on any atom is -0.497 e. The van der Waals surface area contributed by atoms with Gasteiger partial charge in [0.25, 0.3) is 0 Å². The van der Waals surface area contributed by atoms with Crippen LogP contribution < -0.4 is 47.7 Å². The van der Waals surface area contributed by atoms with Gasteiger partial charge in [0.05, 0.1) is 68.3 Å². The van der Waals surface area contributed by atoms with E-state index in [1.165, 1.54) is 0 Å². The third kappa shape index (κ3) is 8.13. The fourth-order valence-corrected chi connectivity index (χ4v) is 6.54. The van der Waals surface area contributed by atoms with Crippen molar-refractivity contribution in [3.63, 3.8) is 0 Å². The van der Waals surface area contributed by atoms with E-state index in [1.807, 2.05) is 121 Å². The molecule has 0 unspecified atom stereocenters. The normalized spacial score (nSPS) is 10.6. The van der Waals surface area contributed by atoms with Gasteiger partial charge in [-0.3, -0.25) is 0 Å². The highest BCUT2D eigenvalue weighted by atomic mass is 16.5. The molecule has 0 aliphatic rings. The second-order valence-electron chi connectivity index (χ2n) is 12.3. The van der Waals surface area contributed by atoms with Crippen molar-refractivity contribution in [2.24, 2.45) is 0 Å². The highest BCUT2D eigenvalue weighted by Crippen LogP contribution is 2.46. The fourth-order valence-electron chi connectivity index (χ4n) is 6.54. The molecule has 10 heteroatoms. The maximum atomic E-state index is 6.10. The van der Waals surface area contributed by atoms with E-state index in [0.717, 1.165) is 68.2 Å². The Labute approximate surface area is 322 Å². The van der Waals surface area contributed by atoms with E-state index >= 15 is 0 Å². The van der Waals surface area contributed by atoms with Crippen molar-refractivity contribution >= 4 is 34.1 Å². The third-order valence-corrected chi connectivity index (χ3v) is 9.38. The van der Waals surface area contributed by atoms with Crippen LogP contribution in [0.25, 0.3) is 0 Å². The molecule has 0 aromatic heterocycles. The number of rotatable bonds is 16. The van der Waals surface area contributed by atoms with Gasteiger partial charge in [0.1, 0.15) is 46.0 Å². The van der Waals surface area contributed by atoms with E-state index in [1.54, 1.807) is 56.9 Å². The van der Waals surface area contributed by atoms with Gasteiger partial charge in [-0.25, -0.2) is 0 Å². The molecular formula is C45H46N2O8. The summed E-state index contributed by atoms with van der Waals surface area (Å²) in [4.78, 5) is 4.24. The first-order chi connectivity index (χ1) is 26.9. The first kappa shape index (κ1) is 38.1. The van der Waals surface area contributed by atoms with Gasteiger partial charge < -0.3 is 47.7 Å². The number of nitrogens with zero attached hydrogens (tertiary/aromatic N) is 2. The molecule has 284 valence electrons.